The third-order valence-corrected chi connectivity index (χ3v) is 2.92. The second kappa shape index (κ2) is 6.66. The predicted octanol–water partition coefficient (Wildman–Crippen LogP) is 2.76. The van der Waals surface area contributed by atoms with E-state index in [4.69, 9.17) is 27.5 Å². The summed E-state index contributed by atoms with van der Waals surface area (Å²) in [6.45, 7) is 0.613. The number of benzene rings is 1. The van der Waals surface area contributed by atoms with Gasteiger partial charge in [0.1, 0.15) is 11.6 Å². The third-order valence-electron chi connectivity index (χ3n) is 1.98. The number of halogens is 1. The Morgan fingerprint density at radius 2 is 2.31 bits per heavy atom. The van der Waals surface area contributed by atoms with Crippen molar-refractivity contribution in [2.45, 2.75) is 6.42 Å². The first-order valence-corrected chi connectivity index (χ1v) is 6.68. The molecule has 5 heteroatoms. The Morgan fingerprint density at radius 3 is 2.94 bits per heavy atom. The molecule has 88 valence electrons. The van der Waals surface area contributed by atoms with Gasteiger partial charge in [-0.15, -0.1) is 0 Å². The lowest BCUT2D eigenvalue weighted by atomic mass is 10.2. The van der Waals surface area contributed by atoms with E-state index < -0.39 is 0 Å². The lowest BCUT2D eigenvalue weighted by Crippen LogP contribution is -2.13. The number of ether oxygens (including phenoxy) is 1. The van der Waals surface area contributed by atoms with E-state index in [1.54, 1.807) is 30.0 Å². The van der Waals surface area contributed by atoms with Gasteiger partial charge in [-0.1, -0.05) is 11.6 Å². The zero-order valence-electron chi connectivity index (χ0n) is 9.13. The quantitative estimate of drug-likeness (QED) is 0.469. The van der Waals surface area contributed by atoms with Gasteiger partial charge >= 0.3 is 0 Å². The Hall–Kier alpha value is -0.870. The highest BCUT2D eigenvalue weighted by Gasteiger charge is 2.07. The molecule has 0 aliphatic heterocycles. The van der Waals surface area contributed by atoms with Gasteiger partial charge in [0.2, 0.25) is 0 Å². The number of hydrogen-bond acceptors (Lipinski definition) is 3. The summed E-state index contributed by atoms with van der Waals surface area (Å²) in [4.78, 5) is 0. The molecule has 3 nitrogen and oxygen atoms in total. The number of amidine groups is 1. The molecule has 0 amide bonds. The van der Waals surface area contributed by atoms with Gasteiger partial charge in [-0.3, -0.25) is 5.41 Å². The minimum atomic E-state index is -0.00321. The summed E-state index contributed by atoms with van der Waals surface area (Å²) in [5.74, 6) is 1.63. The zero-order chi connectivity index (χ0) is 12.0. The maximum atomic E-state index is 7.41. The van der Waals surface area contributed by atoms with Gasteiger partial charge in [0, 0.05) is 5.02 Å². The van der Waals surface area contributed by atoms with Crippen molar-refractivity contribution in [3.63, 3.8) is 0 Å². The largest absolute Gasteiger partial charge is 0.493 e. The fourth-order valence-corrected chi connectivity index (χ4v) is 1.79. The van der Waals surface area contributed by atoms with Crippen LogP contribution >= 0.6 is 23.4 Å². The fourth-order valence-electron chi connectivity index (χ4n) is 1.22. The van der Waals surface area contributed by atoms with Crippen molar-refractivity contribution in [1.29, 1.82) is 5.41 Å². The molecule has 0 atom stereocenters. The topological polar surface area (TPSA) is 59.1 Å². The summed E-state index contributed by atoms with van der Waals surface area (Å²) in [5.41, 5.74) is 6.04. The molecule has 0 aromatic heterocycles. The predicted molar refractivity (Wildman–Crippen MR) is 71.0 cm³/mol. The van der Waals surface area contributed by atoms with Gasteiger partial charge in [-0.05, 0) is 36.6 Å². The van der Waals surface area contributed by atoms with Gasteiger partial charge in [-0.2, -0.15) is 11.8 Å². The fraction of sp³-hybridized carbons (Fsp3) is 0.364. The van der Waals surface area contributed by atoms with Crippen LogP contribution in [-0.4, -0.2) is 24.5 Å². The Balaban J connectivity index is 2.68. The molecule has 0 bridgehead atoms. The van der Waals surface area contributed by atoms with Crippen LogP contribution in [-0.2, 0) is 0 Å². The van der Waals surface area contributed by atoms with Crippen LogP contribution in [0, 0.1) is 5.41 Å². The number of rotatable bonds is 6. The molecule has 3 N–H and O–H groups in total. The molecule has 1 rings (SSSR count). The maximum absolute atomic E-state index is 7.41. The van der Waals surface area contributed by atoms with E-state index in [0.29, 0.717) is 22.9 Å². The lowest BCUT2D eigenvalue weighted by Gasteiger charge is -2.10. The van der Waals surface area contributed by atoms with Crippen LogP contribution in [0.15, 0.2) is 18.2 Å². The minimum absolute atomic E-state index is 0.00321. The van der Waals surface area contributed by atoms with E-state index in [-0.39, 0.29) is 5.84 Å². The highest BCUT2D eigenvalue weighted by atomic mass is 35.5. The van der Waals surface area contributed by atoms with Crippen LogP contribution in [0.3, 0.4) is 0 Å². The van der Waals surface area contributed by atoms with E-state index in [1.807, 2.05) is 0 Å². The zero-order valence-corrected chi connectivity index (χ0v) is 10.7. The average molecular weight is 259 g/mol. The van der Waals surface area contributed by atoms with Gasteiger partial charge in [0.25, 0.3) is 0 Å². The first-order chi connectivity index (χ1) is 7.65. The molecular weight excluding hydrogens is 244 g/mol. The Morgan fingerprint density at radius 1 is 1.56 bits per heavy atom. The van der Waals surface area contributed by atoms with Crippen LogP contribution in [0.1, 0.15) is 12.0 Å². The molecule has 0 saturated carbocycles. The SMILES string of the molecule is CSCCCOc1cc(Cl)ccc1C(=N)N. The molecule has 0 radical (unpaired) electrons. The number of nitrogens with one attached hydrogen (secondary N) is 1. The van der Waals surface area contributed by atoms with Crippen molar-refractivity contribution in [3.05, 3.63) is 28.8 Å². The normalized spacial score (nSPS) is 10.1. The molecule has 0 aliphatic carbocycles. The maximum Gasteiger partial charge on any atom is 0.131 e. The summed E-state index contributed by atoms with van der Waals surface area (Å²) >= 11 is 7.64. The van der Waals surface area contributed by atoms with Crippen molar-refractivity contribution < 1.29 is 4.74 Å². The molecule has 1 aromatic carbocycles. The third kappa shape index (κ3) is 3.94. The summed E-state index contributed by atoms with van der Waals surface area (Å²) in [6.07, 6.45) is 3.02. The van der Waals surface area contributed by atoms with Crippen molar-refractivity contribution in [1.82, 2.24) is 0 Å². The van der Waals surface area contributed by atoms with E-state index in [2.05, 4.69) is 6.26 Å². The molecule has 1 aromatic rings. The van der Waals surface area contributed by atoms with Crippen LogP contribution < -0.4 is 10.5 Å². The molecule has 16 heavy (non-hydrogen) atoms. The smallest absolute Gasteiger partial charge is 0.131 e. The van der Waals surface area contributed by atoms with Crippen molar-refractivity contribution >= 4 is 29.2 Å². The highest BCUT2D eigenvalue weighted by molar-refractivity contribution is 7.98. The monoisotopic (exact) mass is 258 g/mol. The first kappa shape index (κ1) is 13.2. The van der Waals surface area contributed by atoms with Crippen molar-refractivity contribution in [2.24, 2.45) is 5.73 Å². The summed E-state index contributed by atoms with van der Waals surface area (Å²) in [5, 5.41) is 8.00. The first-order valence-electron chi connectivity index (χ1n) is 4.91. The Labute approximate surface area is 105 Å². The van der Waals surface area contributed by atoms with Gasteiger partial charge in [0.15, 0.2) is 0 Å². The number of nitrogens with two attached hydrogens (primary N) is 1. The van der Waals surface area contributed by atoms with E-state index in [1.165, 1.54) is 0 Å². The summed E-state index contributed by atoms with van der Waals surface area (Å²) in [6, 6.07) is 5.10. The summed E-state index contributed by atoms with van der Waals surface area (Å²) < 4.78 is 5.56. The molecule has 0 spiro atoms. The van der Waals surface area contributed by atoms with Gasteiger partial charge in [0.05, 0.1) is 12.2 Å². The second-order valence-corrected chi connectivity index (χ2v) is 4.67. The molecule has 0 saturated heterocycles. The van der Waals surface area contributed by atoms with E-state index in [0.717, 1.165) is 12.2 Å². The Bertz CT molecular complexity index is 371. The highest BCUT2D eigenvalue weighted by Crippen LogP contribution is 2.23. The number of nitrogen functional groups attached to an aromatic ring is 1. The molecule has 0 unspecified atom stereocenters. The van der Waals surface area contributed by atoms with E-state index >= 15 is 0 Å². The number of thioether (sulfide) groups is 1. The summed E-state index contributed by atoms with van der Waals surface area (Å²) in [7, 11) is 0. The standard InChI is InChI=1S/C11H15ClN2OS/c1-16-6-2-5-15-10-7-8(12)3-4-9(10)11(13)14/h3-4,7H,2,5-6H2,1H3,(H3,13,14). The van der Waals surface area contributed by atoms with Gasteiger partial charge in [-0.25, -0.2) is 0 Å². The van der Waals surface area contributed by atoms with Crippen molar-refractivity contribution in [3.8, 4) is 5.75 Å². The lowest BCUT2D eigenvalue weighted by molar-refractivity contribution is 0.318. The molecule has 0 fully saturated rings. The van der Waals surface area contributed by atoms with Crippen LogP contribution in [0.5, 0.6) is 5.75 Å². The average Bonchev–Trinajstić information content (AvgIpc) is 2.24. The van der Waals surface area contributed by atoms with Crippen LogP contribution in [0.25, 0.3) is 0 Å². The second-order valence-electron chi connectivity index (χ2n) is 3.25. The van der Waals surface area contributed by atoms with E-state index in [9.17, 15) is 0 Å². The van der Waals surface area contributed by atoms with Crippen LogP contribution in [0.4, 0.5) is 0 Å². The van der Waals surface area contributed by atoms with Crippen LogP contribution in [0.2, 0.25) is 5.02 Å². The molecule has 0 aliphatic rings. The minimum Gasteiger partial charge on any atom is -0.493 e. The van der Waals surface area contributed by atoms with Gasteiger partial charge < -0.3 is 10.5 Å². The Kier molecular flexibility index (Phi) is 5.49. The molecule has 0 heterocycles. The van der Waals surface area contributed by atoms with Crippen molar-refractivity contribution in [2.75, 3.05) is 18.6 Å². The molecular formula is C11H15ClN2OS. The number of hydrogen-bond donors (Lipinski definition) is 2.